The van der Waals surface area contributed by atoms with Gasteiger partial charge in [0.05, 0.1) is 11.8 Å². The van der Waals surface area contributed by atoms with Crippen molar-refractivity contribution >= 4 is 15.9 Å². The lowest BCUT2D eigenvalue weighted by Gasteiger charge is -2.32. The van der Waals surface area contributed by atoms with Gasteiger partial charge in [-0.2, -0.15) is 4.31 Å². The molecule has 2 heterocycles. The molecule has 0 bridgehead atoms. The van der Waals surface area contributed by atoms with E-state index in [0.717, 1.165) is 0 Å². The summed E-state index contributed by atoms with van der Waals surface area (Å²) >= 11 is 0. The number of imidazole rings is 1. The Bertz CT molecular complexity index is 636. The Hall–Kier alpha value is -1.41. The van der Waals surface area contributed by atoms with E-state index in [1.807, 2.05) is 18.4 Å². The first-order valence-corrected chi connectivity index (χ1v) is 8.67. The van der Waals surface area contributed by atoms with Gasteiger partial charge in [0.1, 0.15) is 11.5 Å². The number of sulfonamides is 1. The Balaban J connectivity index is 2.32. The van der Waals surface area contributed by atoms with Gasteiger partial charge in [-0.15, -0.1) is 0 Å². The summed E-state index contributed by atoms with van der Waals surface area (Å²) in [6.07, 6.45) is 2.29. The van der Waals surface area contributed by atoms with Crippen molar-refractivity contribution < 1.29 is 13.2 Å². The van der Waals surface area contributed by atoms with Crippen LogP contribution in [0.25, 0.3) is 0 Å². The second-order valence-corrected chi connectivity index (χ2v) is 7.52. The Morgan fingerprint density at radius 1 is 1.43 bits per heavy atom. The van der Waals surface area contributed by atoms with Crippen molar-refractivity contribution in [2.45, 2.75) is 32.9 Å². The van der Waals surface area contributed by atoms with Gasteiger partial charge in [0, 0.05) is 33.4 Å². The SMILES string of the molecule is CCCS(=O)(=O)N1CCn2cc(C(=O)N(C)C)nc2C1C. The number of rotatable bonds is 4. The fourth-order valence-electron chi connectivity index (χ4n) is 2.56. The molecule has 0 aliphatic carbocycles. The minimum atomic E-state index is -3.27. The van der Waals surface area contributed by atoms with E-state index in [9.17, 15) is 13.2 Å². The zero-order valence-corrected chi connectivity index (χ0v) is 13.7. The summed E-state index contributed by atoms with van der Waals surface area (Å²) in [6, 6.07) is -0.348. The van der Waals surface area contributed by atoms with Gasteiger partial charge in [-0.3, -0.25) is 4.79 Å². The van der Waals surface area contributed by atoms with E-state index in [1.54, 1.807) is 20.3 Å². The van der Waals surface area contributed by atoms with Gasteiger partial charge >= 0.3 is 0 Å². The third-order valence-corrected chi connectivity index (χ3v) is 5.76. The maximum absolute atomic E-state index is 12.3. The lowest BCUT2D eigenvalue weighted by Crippen LogP contribution is -2.42. The monoisotopic (exact) mass is 314 g/mol. The van der Waals surface area contributed by atoms with Crippen molar-refractivity contribution in [3.8, 4) is 0 Å². The van der Waals surface area contributed by atoms with Crippen LogP contribution in [0.1, 0.15) is 42.6 Å². The van der Waals surface area contributed by atoms with Crippen LogP contribution in [-0.4, -0.2) is 59.5 Å². The van der Waals surface area contributed by atoms with E-state index in [4.69, 9.17) is 0 Å². The summed E-state index contributed by atoms with van der Waals surface area (Å²) in [5, 5.41) is 0. The summed E-state index contributed by atoms with van der Waals surface area (Å²) in [4.78, 5) is 17.8. The van der Waals surface area contributed by atoms with Gasteiger partial charge in [-0.05, 0) is 13.3 Å². The Morgan fingerprint density at radius 3 is 2.67 bits per heavy atom. The quantitative estimate of drug-likeness (QED) is 0.820. The second-order valence-electron chi connectivity index (χ2n) is 5.48. The molecule has 1 atom stereocenters. The molecule has 1 aromatic heterocycles. The summed E-state index contributed by atoms with van der Waals surface area (Å²) in [6.45, 7) is 4.61. The van der Waals surface area contributed by atoms with Crippen LogP contribution in [0.2, 0.25) is 0 Å². The molecule has 0 spiro atoms. The van der Waals surface area contributed by atoms with Crippen molar-refractivity contribution in [2.75, 3.05) is 26.4 Å². The second kappa shape index (κ2) is 5.76. The highest BCUT2D eigenvalue weighted by atomic mass is 32.2. The zero-order valence-electron chi connectivity index (χ0n) is 12.9. The predicted molar refractivity (Wildman–Crippen MR) is 79.4 cm³/mol. The Morgan fingerprint density at radius 2 is 2.10 bits per heavy atom. The smallest absolute Gasteiger partial charge is 0.273 e. The first-order valence-electron chi connectivity index (χ1n) is 7.06. The number of amides is 1. The summed E-state index contributed by atoms with van der Waals surface area (Å²) in [5.41, 5.74) is 0.358. The van der Waals surface area contributed by atoms with Crippen LogP contribution in [0.4, 0.5) is 0 Å². The fourth-order valence-corrected chi connectivity index (χ4v) is 4.25. The summed E-state index contributed by atoms with van der Waals surface area (Å²) in [5.74, 6) is 0.597. The zero-order chi connectivity index (χ0) is 15.8. The highest BCUT2D eigenvalue weighted by Gasteiger charge is 2.34. The number of aromatic nitrogens is 2. The standard InChI is InChI=1S/C13H22N4O3S/c1-5-8-21(19,20)17-7-6-16-9-11(13(18)15(3)4)14-12(16)10(17)2/h9-10H,5-8H2,1-4H3. The van der Waals surface area contributed by atoms with Crippen LogP contribution >= 0.6 is 0 Å². The van der Waals surface area contributed by atoms with Crippen LogP contribution in [0.5, 0.6) is 0 Å². The number of carbonyl (C=O) groups excluding carboxylic acids is 1. The first kappa shape index (κ1) is 16.0. The fraction of sp³-hybridized carbons (Fsp3) is 0.692. The summed E-state index contributed by atoms with van der Waals surface area (Å²) in [7, 11) is 0.0695. The van der Waals surface area contributed by atoms with Crippen molar-refractivity contribution in [3.63, 3.8) is 0 Å². The molecular formula is C13H22N4O3S. The highest BCUT2D eigenvalue weighted by Crippen LogP contribution is 2.27. The molecule has 1 amide bonds. The molecule has 118 valence electrons. The van der Waals surface area contributed by atoms with E-state index in [1.165, 1.54) is 9.21 Å². The minimum absolute atomic E-state index is 0.140. The van der Waals surface area contributed by atoms with E-state index in [2.05, 4.69) is 4.98 Å². The maximum Gasteiger partial charge on any atom is 0.273 e. The van der Waals surface area contributed by atoms with Crippen molar-refractivity contribution in [1.82, 2.24) is 18.8 Å². The molecule has 1 unspecified atom stereocenters. The van der Waals surface area contributed by atoms with Crippen molar-refractivity contribution in [2.24, 2.45) is 0 Å². The molecule has 2 rings (SSSR count). The topological polar surface area (TPSA) is 75.5 Å². The van der Waals surface area contributed by atoms with E-state index in [-0.39, 0.29) is 17.7 Å². The predicted octanol–water partition coefficient (Wildman–Crippen LogP) is 0.701. The number of hydrogen-bond donors (Lipinski definition) is 0. The van der Waals surface area contributed by atoms with Gasteiger partial charge in [-0.25, -0.2) is 13.4 Å². The molecule has 0 fully saturated rings. The lowest BCUT2D eigenvalue weighted by molar-refractivity contribution is 0.0822. The molecule has 0 saturated heterocycles. The first-order chi connectivity index (χ1) is 9.77. The molecule has 1 aromatic rings. The van der Waals surface area contributed by atoms with Gasteiger partial charge in [0.15, 0.2) is 0 Å². The molecule has 7 nitrogen and oxygen atoms in total. The molecule has 21 heavy (non-hydrogen) atoms. The number of carbonyl (C=O) groups is 1. The van der Waals surface area contributed by atoms with Gasteiger partial charge in [0.25, 0.3) is 5.91 Å². The largest absolute Gasteiger partial charge is 0.343 e. The molecule has 0 aromatic carbocycles. The van der Waals surface area contributed by atoms with Crippen LogP contribution in [-0.2, 0) is 16.6 Å². The van der Waals surface area contributed by atoms with Crippen LogP contribution in [0.15, 0.2) is 6.20 Å². The minimum Gasteiger partial charge on any atom is -0.343 e. The third-order valence-electron chi connectivity index (χ3n) is 3.62. The van der Waals surface area contributed by atoms with E-state index >= 15 is 0 Å². The molecular weight excluding hydrogens is 292 g/mol. The van der Waals surface area contributed by atoms with Gasteiger partial charge < -0.3 is 9.47 Å². The molecule has 0 saturated carbocycles. The Kier molecular flexibility index (Phi) is 4.38. The average Bonchev–Trinajstić information content (AvgIpc) is 2.82. The van der Waals surface area contributed by atoms with E-state index in [0.29, 0.717) is 31.0 Å². The Labute approximate surface area is 125 Å². The number of nitrogens with zero attached hydrogens (tertiary/aromatic N) is 4. The van der Waals surface area contributed by atoms with Crippen molar-refractivity contribution in [3.05, 3.63) is 17.7 Å². The third kappa shape index (κ3) is 2.96. The average molecular weight is 314 g/mol. The van der Waals surface area contributed by atoms with Gasteiger partial charge in [0.2, 0.25) is 10.0 Å². The number of hydrogen-bond acceptors (Lipinski definition) is 4. The van der Waals surface area contributed by atoms with Crippen LogP contribution in [0, 0.1) is 0 Å². The van der Waals surface area contributed by atoms with Gasteiger partial charge in [-0.1, -0.05) is 6.92 Å². The normalized spacial score (nSPS) is 19.3. The van der Waals surface area contributed by atoms with E-state index < -0.39 is 10.0 Å². The summed E-state index contributed by atoms with van der Waals surface area (Å²) < 4.78 is 27.9. The van der Waals surface area contributed by atoms with Crippen LogP contribution in [0.3, 0.4) is 0 Å². The maximum atomic E-state index is 12.3. The van der Waals surface area contributed by atoms with Crippen molar-refractivity contribution in [1.29, 1.82) is 0 Å². The molecule has 1 aliphatic heterocycles. The molecule has 1 aliphatic rings. The molecule has 0 radical (unpaired) electrons. The van der Waals surface area contributed by atoms with Crippen LogP contribution < -0.4 is 0 Å². The highest BCUT2D eigenvalue weighted by molar-refractivity contribution is 7.89. The number of fused-ring (bicyclic) bond motifs is 1. The lowest BCUT2D eigenvalue weighted by atomic mass is 10.2. The molecule has 8 heteroatoms. The molecule has 0 N–H and O–H groups in total.